The second-order valence-corrected chi connectivity index (χ2v) is 6.39. The van der Waals surface area contributed by atoms with Gasteiger partial charge in [-0.05, 0) is 37.1 Å². The third-order valence-electron chi connectivity index (χ3n) is 4.14. The molecule has 1 N–H and O–H groups in total. The maximum Gasteiger partial charge on any atom is 0.251 e. The first-order valence-corrected chi connectivity index (χ1v) is 8.46. The lowest BCUT2D eigenvalue weighted by atomic mass is 10.0. The molecule has 0 atom stereocenters. The van der Waals surface area contributed by atoms with Gasteiger partial charge in [-0.3, -0.25) is 9.59 Å². The molecule has 0 spiro atoms. The fraction of sp³-hybridized carbons (Fsp3) is 0.529. The van der Waals surface area contributed by atoms with Crippen LogP contribution in [0.1, 0.15) is 29.6 Å². The molecule has 0 saturated carbocycles. The van der Waals surface area contributed by atoms with Gasteiger partial charge in [-0.2, -0.15) is 0 Å². The fourth-order valence-corrected chi connectivity index (χ4v) is 2.85. The van der Waals surface area contributed by atoms with E-state index < -0.39 is 0 Å². The number of nitrogens with one attached hydrogen (secondary N) is 1. The molecule has 0 bridgehead atoms. The first-order valence-electron chi connectivity index (χ1n) is 7.93. The molecular formula is C17H24ClN3O2. The average Bonchev–Trinajstić information content (AvgIpc) is 2.55. The average molecular weight is 338 g/mol. The molecule has 1 fully saturated rings. The molecule has 2 amide bonds. The van der Waals surface area contributed by atoms with Crippen LogP contribution in [-0.2, 0) is 4.79 Å². The van der Waals surface area contributed by atoms with Crippen molar-refractivity contribution in [1.29, 1.82) is 0 Å². The van der Waals surface area contributed by atoms with Gasteiger partial charge in [-0.1, -0.05) is 0 Å². The van der Waals surface area contributed by atoms with Gasteiger partial charge in [-0.15, -0.1) is 11.6 Å². The summed E-state index contributed by atoms with van der Waals surface area (Å²) in [6.07, 6.45) is 1.96. The van der Waals surface area contributed by atoms with Crippen LogP contribution in [0.3, 0.4) is 0 Å². The number of piperidine rings is 1. The zero-order chi connectivity index (χ0) is 16.8. The number of nitrogens with zero attached hydrogens (tertiary/aromatic N) is 2. The fourth-order valence-electron chi connectivity index (χ4n) is 2.69. The molecule has 1 heterocycles. The normalized spacial score (nSPS) is 15.3. The molecule has 0 aromatic heterocycles. The van der Waals surface area contributed by atoms with E-state index in [1.54, 1.807) is 0 Å². The molecule has 2 rings (SSSR count). The largest absolute Gasteiger partial charge is 0.378 e. The van der Waals surface area contributed by atoms with Gasteiger partial charge >= 0.3 is 0 Å². The van der Waals surface area contributed by atoms with Crippen LogP contribution in [0.15, 0.2) is 24.3 Å². The van der Waals surface area contributed by atoms with E-state index >= 15 is 0 Å². The minimum Gasteiger partial charge on any atom is -0.378 e. The van der Waals surface area contributed by atoms with E-state index in [0.29, 0.717) is 31.0 Å². The highest BCUT2D eigenvalue weighted by molar-refractivity contribution is 6.18. The van der Waals surface area contributed by atoms with E-state index in [1.807, 2.05) is 48.2 Å². The molecule has 6 heteroatoms. The number of halogens is 1. The van der Waals surface area contributed by atoms with E-state index in [1.165, 1.54) is 0 Å². The number of hydrogen-bond donors (Lipinski definition) is 1. The molecule has 5 nitrogen and oxygen atoms in total. The van der Waals surface area contributed by atoms with Crippen molar-refractivity contribution in [2.45, 2.75) is 25.3 Å². The lowest BCUT2D eigenvalue weighted by Gasteiger charge is -2.32. The number of anilines is 1. The number of likely N-dealkylation sites (tertiary alicyclic amines) is 1. The maximum absolute atomic E-state index is 12.3. The summed E-state index contributed by atoms with van der Waals surface area (Å²) in [5.74, 6) is 0.406. The number of amides is 2. The Hall–Kier alpha value is -1.75. The Bertz CT molecular complexity index is 537. The van der Waals surface area contributed by atoms with Gasteiger partial charge in [-0.25, -0.2) is 0 Å². The van der Waals surface area contributed by atoms with Crippen molar-refractivity contribution in [3.8, 4) is 0 Å². The van der Waals surface area contributed by atoms with Crippen LogP contribution in [0.5, 0.6) is 0 Å². The number of carbonyl (C=O) groups excluding carboxylic acids is 2. The number of alkyl halides is 1. The lowest BCUT2D eigenvalue weighted by molar-refractivity contribution is -0.131. The van der Waals surface area contributed by atoms with Crippen molar-refractivity contribution in [2.75, 3.05) is 38.0 Å². The molecule has 0 unspecified atom stereocenters. The summed E-state index contributed by atoms with van der Waals surface area (Å²) in [7, 11) is 3.93. The standard InChI is InChI=1S/C17H24ClN3O2/c1-20(2)15-5-3-13(4-6-15)17(23)19-14-8-11-21(12-9-14)16(22)7-10-18/h3-6,14H,7-12H2,1-2H3,(H,19,23). The van der Waals surface area contributed by atoms with Crippen LogP contribution < -0.4 is 10.2 Å². The lowest BCUT2D eigenvalue weighted by Crippen LogP contribution is -2.46. The molecule has 1 aliphatic heterocycles. The summed E-state index contributed by atoms with van der Waals surface area (Å²) >= 11 is 5.60. The van der Waals surface area contributed by atoms with E-state index in [9.17, 15) is 9.59 Å². The van der Waals surface area contributed by atoms with Crippen LogP contribution >= 0.6 is 11.6 Å². The summed E-state index contributed by atoms with van der Waals surface area (Å²) in [6, 6.07) is 7.66. The van der Waals surface area contributed by atoms with Crippen LogP contribution in [0.4, 0.5) is 5.69 Å². The van der Waals surface area contributed by atoms with Gasteiger partial charge in [0.1, 0.15) is 0 Å². The third kappa shape index (κ3) is 4.86. The predicted octanol–water partition coefficient (Wildman–Crippen LogP) is 2.10. The second kappa shape index (κ2) is 8.20. The van der Waals surface area contributed by atoms with Crippen LogP contribution in [0, 0.1) is 0 Å². The van der Waals surface area contributed by atoms with Gasteiger partial charge < -0.3 is 15.1 Å². The van der Waals surface area contributed by atoms with Gasteiger partial charge in [0.15, 0.2) is 0 Å². The SMILES string of the molecule is CN(C)c1ccc(C(=O)NC2CCN(C(=O)CCCl)CC2)cc1. The minimum atomic E-state index is -0.0548. The molecule has 1 saturated heterocycles. The highest BCUT2D eigenvalue weighted by Gasteiger charge is 2.23. The third-order valence-corrected chi connectivity index (χ3v) is 4.33. The summed E-state index contributed by atoms with van der Waals surface area (Å²) < 4.78 is 0. The zero-order valence-electron chi connectivity index (χ0n) is 13.7. The van der Waals surface area contributed by atoms with Crippen LogP contribution in [0.25, 0.3) is 0 Å². The van der Waals surface area contributed by atoms with E-state index in [4.69, 9.17) is 11.6 Å². The van der Waals surface area contributed by atoms with Crippen molar-refractivity contribution in [3.63, 3.8) is 0 Å². The smallest absolute Gasteiger partial charge is 0.251 e. The molecule has 1 aromatic rings. The van der Waals surface area contributed by atoms with Gasteiger partial charge in [0.25, 0.3) is 5.91 Å². The maximum atomic E-state index is 12.3. The number of rotatable bonds is 5. The van der Waals surface area contributed by atoms with Crippen molar-refractivity contribution < 1.29 is 9.59 Å². The molecule has 23 heavy (non-hydrogen) atoms. The number of hydrogen-bond acceptors (Lipinski definition) is 3. The van der Waals surface area contributed by atoms with Crippen LogP contribution in [-0.4, -0.2) is 55.8 Å². The van der Waals surface area contributed by atoms with E-state index in [0.717, 1.165) is 18.5 Å². The van der Waals surface area contributed by atoms with Crippen molar-refractivity contribution in [1.82, 2.24) is 10.2 Å². The monoisotopic (exact) mass is 337 g/mol. The van der Waals surface area contributed by atoms with Crippen molar-refractivity contribution in [2.24, 2.45) is 0 Å². The van der Waals surface area contributed by atoms with E-state index in [-0.39, 0.29) is 17.9 Å². The first-order chi connectivity index (χ1) is 11.0. The topological polar surface area (TPSA) is 52.7 Å². The Morgan fingerprint density at radius 2 is 1.83 bits per heavy atom. The van der Waals surface area contributed by atoms with Gasteiger partial charge in [0.05, 0.1) is 0 Å². The Kier molecular flexibility index (Phi) is 6.28. The Morgan fingerprint density at radius 3 is 2.35 bits per heavy atom. The highest BCUT2D eigenvalue weighted by atomic mass is 35.5. The van der Waals surface area contributed by atoms with Crippen LogP contribution in [0.2, 0.25) is 0 Å². The highest BCUT2D eigenvalue weighted by Crippen LogP contribution is 2.15. The Morgan fingerprint density at radius 1 is 1.22 bits per heavy atom. The zero-order valence-corrected chi connectivity index (χ0v) is 14.5. The summed E-state index contributed by atoms with van der Waals surface area (Å²) in [5.41, 5.74) is 1.73. The molecule has 1 aliphatic rings. The van der Waals surface area contributed by atoms with Crippen molar-refractivity contribution >= 4 is 29.1 Å². The quantitative estimate of drug-likeness (QED) is 0.837. The van der Waals surface area contributed by atoms with Gasteiger partial charge in [0.2, 0.25) is 5.91 Å². The van der Waals surface area contributed by atoms with E-state index in [2.05, 4.69) is 5.32 Å². The summed E-state index contributed by atoms with van der Waals surface area (Å²) in [5, 5.41) is 3.06. The molecule has 0 radical (unpaired) electrons. The second-order valence-electron chi connectivity index (χ2n) is 6.01. The summed E-state index contributed by atoms with van der Waals surface area (Å²) in [6.45, 7) is 1.36. The Balaban J connectivity index is 1.84. The Labute approximate surface area is 142 Å². The van der Waals surface area contributed by atoms with Crippen molar-refractivity contribution in [3.05, 3.63) is 29.8 Å². The number of benzene rings is 1. The molecule has 126 valence electrons. The first kappa shape index (κ1) is 17.6. The molecule has 0 aliphatic carbocycles. The number of carbonyl (C=O) groups is 2. The summed E-state index contributed by atoms with van der Waals surface area (Å²) in [4.78, 5) is 27.9. The minimum absolute atomic E-state index is 0.0548. The molecule has 1 aromatic carbocycles. The predicted molar refractivity (Wildman–Crippen MR) is 93.2 cm³/mol. The van der Waals surface area contributed by atoms with Gasteiger partial charge in [0, 0.05) is 56.8 Å². The molecular weight excluding hydrogens is 314 g/mol.